The molecular formula is C40H56BrN10O3P. The van der Waals surface area contributed by atoms with Gasteiger partial charge in [0.15, 0.2) is 0 Å². The number of aryl methyl sites for hydroxylation is 1. The lowest BCUT2D eigenvalue weighted by atomic mass is 9.99. The van der Waals surface area contributed by atoms with Gasteiger partial charge in [0, 0.05) is 100.0 Å². The maximum atomic E-state index is 13.7. The van der Waals surface area contributed by atoms with Crippen LogP contribution in [-0.2, 0) is 22.3 Å². The zero-order valence-corrected chi connectivity index (χ0v) is 35.4. The normalized spacial score (nSPS) is 18.1. The highest BCUT2D eigenvalue weighted by Gasteiger charge is 2.28. The van der Waals surface area contributed by atoms with Crippen LogP contribution in [0.15, 0.2) is 53.4 Å². The molecule has 3 fully saturated rings. The summed E-state index contributed by atoms with van der Waals surface area (Å²) in [5.74, 6) is 1.73. The molecule has 2 aromatic carbocycles. The number of hydrogen-bond donors (Lipinski definition) is 2. The molecule has 4 aromatic rings. The second-order valence-corrected chi connectivity index (χ2v) is 19.3. The molecule has 0 saturated carbocycles. The minimum Gasteiger partial charge on any atom is -0.494 e. The van der Waals surface area contributed by atoms with Crippen LogP contribution >= 0.6 is 23.1 Å². The van der Waals surface area contributed by atoms with Crippen molar-refractivity contribution in [1.82, 2.24) is 34.4 Å². The first kappa shape index (κ1) is 39.7. The van der Waals surface area contributed by atoms with Gasteiger partial charge in [0.2, 0.25) is 5.95 Å². The summed E-state index contributed by atoms with van der Waals surface area (Å²) in [7, 11) is 1.22. The Morgan fingerprint density at radius 2 is 1.69 bits per heavy atom. The smallest absolute Gasteiger partial charge is 0.229 e. The predicted molar refractivity (Wildman–Crippen MR) is 227 cm³/mol. The number of hydrogen-bond acceptors (Lipinski definition) is 12. The Morgan fingerprint density at radius 1 is 0.927 bits per heavy atom. The fourth-order valence-corrected chi connectivity index (χ4v) is 9.30. The summed E-state index contributed by atoms with van der Waals surface area (Å²) in [4.78, 5) is 19.5. The van der Waals surface area contributed by atoms with Gasteiger partial charge in [0.1, 0.15) is 18.7 Å². The fourth-order valence-electron chi connectivity index (χ4n) is 7.85. The molecule has 3 aliphatic heterocycles. The number of nitrogens with one attached hydrogen (secondary N) is 2. The van der Waals surface area contributed by atoms with Gasteiger partial charge >= 0.3 is 0 Å². The molecule has 0 amide bonds. The van der Waals surface area contributed by atoms with E-state index in [9.17, 15) is 4.57 Å². The van der Waals surface area contributed by atoms with Crippen molar-refractivity contribution < 1.29 is 14.0 Å². The second kappa shape index (κ2) is 17.7. The molecule has 3 aliphatic rings. The average Bonchev–Trinajstić information content (AvgIpc) is 3.68. The number of morpholine rings is 1. The molecule has 7 rings (SSSR count). The van der Waals surface area contributed by atoms with Crippen LogP contribution in [0.1, 0.15) is 25.3 Å². The predicted octanol–water partition coefficient (Wildman–Crippen LogP) is 5.96. The first-order valence-electron chi connectivity index (χ1n) is 19.6. The summed E-state index contributed by atoms with van der Waals surface area (Å²) in [6, 6.07) is 11.0. The highest BCUT2D eigenvalue weighted by molar-refractivity contribution is 9.10. The third-order valence-corrected chi connectivity index (χ3v) is 13.3. The van der Waals surface area contributed by atoms with Crippen molar-refractivity contribution >= 4 is 57.2 Å². The fraction of sp³-hybridized carbons (Fsp3) is 0.525. The topological polar surface area (TPSA) is 116 Å². The van der Waals surface area contributed by atoms with Gasteiger partial charge in [0.25, 0.3) is 0 Å². The van der Waals surface area contributed by atoms with Crippen molar-refractivity contribution in [3.63, 3.8) is 0 Å². The van der Waals surface area contributed by atoms with E-state index in [2.05, 4.69) is 88.5 Å². The molecule has 0 aliphatic carbocycles. The number of ether oxygens (including phenoxy) is 2. The Bertz CT molecular complexity index is 1970. The van der Waals surface area contributed by atoms with Gasteiger partial charge in [-0.3, -0.25) is 14.5 Å². The molecule has 3 saturated heterocycles. The van der Waals surface area contributed by atoms with Crippen LogP contribution in [0.3, 0.4) is 0 Å². The largest absolute Gasteiger partial charge is 0.494 e. The van der Waals surface area contributed by atoms with Crippen LogP contribution < -0.4 is 25.6 Å². The standard InChI is InChI=1S/C40H56BrN10O3P/c1-6-29-23-35(37(53-3)25-36(29)50-11-9-32(10-12-50)49-16-13-47(2)14-17-49)45-40-42-27-33(41)39(46-40)44-34-8-7-30(24-38(34)55(4,5)52)31-26-43-51(28-31)18-15-48-19-21-54-22-20-48/h7-8,23-28,32H,6,9-22H2,1-5H3,(H2,42,44,45,46). The summed E-state index contributed by atoms with van der Waals surface area (Å²) in [6.45, 7) is 17.7. The number of likely N-dealkylation sites (N-methyl/N-ethyl adjacent to an activating group) is 1. The van der Waals surface area contributed by atoms with Crippen molar-refractivity contribution in [3.05, 3.63) is 59.0 Å². The van der Waals surface area contributed by atoms with Crippen molar-refractivity contribution in [1.29, 1.82) is 0 Å². The highest BCUT2D eigenvalue weighted by Crippen LogP contribution is 2.41. The summed E-state index contributed by atoms with van der Waals surface area (Å²) in [5.41, 5.74) is 5.98. The number of aromatic nitrogens is 4. The molecule has 5 heterocycles. The lowest BCUT2D eigenvalue weighted by Crippen LogP contribution is -2.52. The number of piperidine rings is 1. The molecule has 0 radical (unpaired) electrons. The quantitative estimate of drug-likeness (QED) is 0.155. The maximum Gasteiger partial charge on any atom is 0.229 e. The maximum absolute atomic E-state index is 13.7. The summed E-state index contributed by atoms with van der Waals surface area (Å²) in [6.07, 6.45) is 8.90. The molecule has 55 heavy (non-hydrogen) atoms. The Kier molecular flexibility index (Phi) is 12.8. The van der Waals surface area contributed by atoms with E-state index in [1.54, 1.807) is 26.6 Å². The van der Waals surface area contributed by atoms with E-state index >= 15 is 0 Å². The third kappa shape index (κ3) is 9.72. The van der Waals surface area contributed by atoms with E-state index in [1.165, 1.54) is 37.2 Å². The molecule has 0 spiro atoms. The molecule has 0 unspecified atom stereocenters. The zero-order valence-electron chi connectivity index (χ0n) is 32.9. The lowest BCUT2D eigenvalue weighted by Gasteiger charge is -2.43. The van der Waals surface area contributed by atoms with Crippen molar-refractivity contribution in [3.8, 4) is 16.9 Å². The Balaban J connectivity index is 1.05. The number of piperazine rings is 1. The summed E-state index contributed by atoms with van der Waals surface area (Å²) >= 11 is 3.64. The monoisotopic (exact) mass is 834 g/mol. The van der Waals surface area contributed by atoms with E-state index in [0.29, 0.717) is 22.3 Å². The van der Waals surface area contributed by atoms with Crippen LogP contribution in [0.2, 0.25) is 0 Å². The molecule has 296 valence electrons. The number of nitrogens with zero attached hydrogens (tertiary/aromatic N) is 8. The van der Waals surface area contributed by atoms with Gasteiger partial charge in [-0.05, 0) is 84.9 Å². The van der Waals surface area contributed by atoms with E-state index in [-0.39, 0.29) is 0 Å². The van der Waals surface area contributed by atoms with Gasteiger partial charge < -0.3 is 34.5 Å². The number of rotatable bonds is 13. The lowest BCUT2D eigenvalue weighted by molar-refractivity contribution is 0.0360. The SMILES string of the molecule is CCc1cc(Nc2ncc(Br)c(Nc3ccc(-c4cnn(CCN5CCOCC5)c4)cc3P(C)(C)=O)n2)c(OC)cc1N1CCC(N2CCN(C)CC2)CC1. The van der Waals surface area contributed by atoms with E-state index in [1.807, 2.05) is 29.1 Å². The van der Waals surface area contributed by atoms with Crippen LogP contribution in [0.5, 0.6) is 5.75 Å². The van der Waals surface area contributed by atoms with Gasteiger partial charge in [-0.1, -0.05) is 13.0 Å². The van der Waals surface area contributed by atoms with Gasteiger partial charge in [0.05, 0.1) is 48.9 Å². The van der Waals surface area contributed by atoms with Crippen LogP contribution in [0.4, 0.5) is 28.8 Å². The van der Waals surface area contributed by atoms with Gasteiger partial charge in [-0.25, -0.2) is 4.98 Å². The minimum atomic E-state index is -2.70. The molecule has 2 aromatic heterocycles. The number of benzene rings is 2. The Hall–Kier alpha value is -3.52. The third-order valence-electron chi connectivity index (χ3n) is 11.2. The van der Waals surface area contributed by atoms with Crippen LogP contribution in [0.25, 0.3) is 11.1 Å². The first-order chi connectivity index (χ1) is 26.6. The van der Waals surface area contributed by atoms with Crippen molar-refractivity contribution in [2.45, 2.75) is 38.8 Å². The van der Waals surface area contributed by atoms with Crippen LogP contribution in [0, 0.1) is 0 Å². The second-order valence-electron chi connectivity index (χ2n) is 15.3. The number of anilines is 5. The molecule has 15 heteroatoms. The minimum absolute atomic E-state index is 0.422. The van der Waals surface area contributed by atoms with Crippen molar-refractivity contribution in [2.75, 3.05) is 115 Å². The molecule has 2 N–H and O–H groups in total. The summed E-state index contributed by atoms with van der Waals surface area (Å²) in [5, 5.41) is 12.2. The summed E-state index contributed by atoms with van der Waals surface area (Å²) < 4.78 is 27.8. The Labute approximate surface area is 334 Å². The first-order valence-corrected chi connectivity index (χ1v) is 22.9. The number of halogens is 1. The van der Waals surface area contributed by atoms with E-state index in [0.717, 1.165) is 106 Å². The number of methoxy groups -OCH3 is 1. The Morgan fingerprint density at radius 3 is 2.40 bits per heavy atom. The molecule has 0 bridgehead atoms. The molecular weight excluding hydrogens is 779 g/mol. The molecule has 13 nitrogen and oxygen atoms in total. The highest BCUT2D eigenvalue weighted by atomic mass is 79.9. The average molecular weight is 836 g/mol. The van der Waals surface area contributed by atoms with Crippen molar-refractivity contribution in [2.24, 2.45) is 0 Å². The van der Waals surface area contributed by atoms with E-state index < -0.39 is 7.14 Å². The molecule has 0 atom stereocenters. The zero-order chi connectivity index (χ0) is 38.5. The van der Waals surface area contributed by atoms with E-state index in [4.69, 9.17) is 14.5 Å². The van der Waals surface area contributed by atoms with Crippen LogP contribution in [-0.4, -0.2) is 140 Å². The van der Waals surface area contributed by atoms with Gasteiger partial charge in [-0.15, -0.1) is 0 Å². The van der Waals surface area contributed by atoms with Gasteiger partial charge in [-0.2, -0.15) is 10.1 Å².